The Morgan fingerprint density at radius 1 is 1.37 bits per heavy atom. The molecule has 9 heteroatoms. The predicted octanol–water partition coefficient (Wildman–Crippen LogP) is 0.221. The van der Waals surface area contributed by atoms with E-state index in [0.717, 1.165) is 0 Å². The number of carbonyl (C=O) groups excluding carboxylic acids is 1. The zero-order chi connectivity index (χ0) is 15.3. The van der Waals surface area contributed by atoms with Crippen molar-refractivity contribution in [3.63, 3.8) is 0 Å². The quantitative estimate of drug-likeness (QED) is 0.217. The second-order valence-corrected chi connectivity index (χ2v) is 6.19. The summed E-state index contributed by atoms with van der Waals surface area (Å²) in [4.78, 5) is 28.6. The summed E-state index contributed by atoms with van der Waals surface area (Å²) in [5, 5.41) is 0. The van der Waals surface area contributed by atoms with Crippen LogP contribution in [0.3, 0.4) is 0 Å². The number of esters is 1. The lowest BCUT2D eigenvalue weighted by Crippen LogP contribution is -2.43. The monoisotopic (exact) mass is 298 g/mol. The van der Waals surface area contributed by atoms with Gasteiger partial charge in [0.05, 0.1) is 21.1 Å². The summed E-state index contributed by atoms with van der Waals surface area (Å²) in [6.45, 7) is 4.54. The zero-order valence-electron chi connectivity index (χ0n) is 11.5. The molecule has 0 fully saturated rings. The Morgan fingerprint density at radius 2 is 1.89 bits per heavy atom. The van der Waals surface area contributed by atoms with E-state index < -0.39 is 26.9 Å². The van der Waals surface area contributed by atoms with Crippen molar-refractivity contribution < 1.29 is 37.6 Å². The lowest BCUT2D eigenvalue weighted by atomic mass is 10.4. The Hall–Kier alpha value is -0.760. The number of hydrogen-bond donors (Lipinski definition) is 2. The molecular weight excluding hydrogens is 277 g/mol. The normalized spacial score (nSPS) is 14.0. The average molecular weight is 298 g/mol. The van der Waals surface area contributed by atoms with Crippen LogP contribution in [-0.4, -0.2) is 61.0 Å². The molecule has 0 aromatic rings. The van der Waals surface area contributed by atoms with Crippen LogP contribution in [0.25, 0.3) is 0 Å². The molecule has 0 aromatic heterocycles. The number of rotatable bonds is 8. The molecule has 0 saturated heterocycles. The Bertz CT molecular complexity index is 371. The van der Waals surface area contributed by atoms with Crippen LogP contribution < -0.4 is 0 Å². The van der Waals surface area contributed by atoms with Gasteiger partial charge in [-0.25, -0.2) is 9.36 Å². The summed E-state index contributed by atoms with van der Waals surface area (Å²) in [6.07, 6.45) is -1.20. The van der Waals surface area contributed by atoms with E-state index >= 15 is 0 Å². The molecular formula is C10H21NO7P+. The number of likely N-dealkylation sites (N-methyl/N-ethyl adjacent to an activating group) is 1. The van der Waals surface area contributed by atoms with Crippen molar-refractivity contribution in [1.82, 2.24) is 0 Å². The van der Waals surface area contributed by atoms with Crippen molar-refractivity contribution in [1.29, 1.82) is 0 Å². The summed E-state index contributed by atoms with van der Waals surface area (Å²) in [5.74, 6) is -0.653. The molecule has 0 radical (unpaired) electrons. The first-order valence-electron chi connectivity index (χ1n) is 5.39. The standard InChI is InChI=1S/C10H20NO7P/c1-8(2)10(12)17-7-16-9(6-11(3,4)5)18-19(13,14)15/h9H,1,6-7H2,2-5H3,(H-,13,14,15)/p+1. The molecule has 0 spiro atoms. The van der Waals surface area contributed by atoms with E-state index in [1.54, 1.807) is 21.1 Å². The molecule has 0 aliphatic heterocycles. The van der Waals surface area contributed by atoms with Gasteiger partial charge >= 0.3 is 13.8 Å². The van der Waals surface area contributed by atoms with Gasteiger partial charge in [0.25, 0.3) is 0 Å². The second-order valence-electron chi connectivity index (χ2n) is 5.00. The molecule has 0 amide bonds. The number of quaternary nitrogens is 1. The number of ether oxygens (including phenoxy) is 2. The van der Waals surface area contributed by atoms with E-state index in [-0.39, 0.29) is 12.1 Å². The van der Waals surface area contributed by atoms with Gasteiger partial charge in [0.1, 0.15) is 6.54 Å². The highest BCUT2D eigenvalue weighted by Gasteiger charge is 2.28. The first-order chi connectivity index (χ1) is 8.41. The lowest BCUT2D eigenvalue weighted by Gasteiger charge is -2.28. The van der Waals surface area contributed by atoms with Gasteiger partial charge in [0, 0.05) is 5.57 Å². The van der Waals surface area contributed by atoms with Crippen LogP contribution in [0.5, 0.6) is 0 Å². The van der Waals surface area contributed by atoms with E-state index in [4.69, 9.17) is 14.5 Å². The minimum Gasteiger partial charge on any atom is -0.435 e. The maximum Gasteiger partial charge on any atom is 0.472 e. The average Bonchev–Trinajstić information content (AvgIpc) is 2.11. The topological polar surface area (TPSA) is 102 Å². The van der Waals surface area contributed by atoms with Crippen LogP contribution in [0.15, 0.2) is 12.2 Å². The maximum absolute atomic E-state index is 11.1. The third-order valence-electron chi connectivity index (χ3n) is 1.74. The zero-order valence-corrected chi connectivity index (χ0v) is 12.4. The predicted molar refractivity (Wildman–Crippen MR) is 66.7 cm³/mol. The fourth-order valence-electron chi connectivity index (χ4n) is 1.00. The lowest BCUT2D eigenvalue weighted by molar-refractivity contribution is -0.876. The van der Waals surface area contributed by atoms with Crippen molar-refractivity contribution in [2.75, 3.05) is 34.5 Å². The SMILES string of the molecule is C=C(C)C(=O)OCOC(C[N+](C)(C)C)OP(=O)(O)O. The van der Waals surface area contributed by atoms with Crippen molar-refractivity contribution in [3.8, 4) is 0 Å². The molecule has 0 heterocycles. The van der Waals surface area contributed by atoms with Crippen molar-refractivity contribution in [3.05, 3.63) is 12.2 Å². The number of phosphoric ester groups is 1. The molecule has 8 nitrogen and oxygen atoms in total. The highest BCUT2D eigenvalue weighted by molar-refractivity contribution is 7.46. The molecule has 0 aliphatic carbocycles. The molecule has 1 unspecified atom stereocenters. The van der Waals surface area contributed by atoms with E-state index in [2.05, 4.69) is 15.8 Å². The molecule has 0 aromatic carbocycles. The van der Waals surface area contributed by atoms with Gasteiger partial charge in [-0.05, 0) is 6.92 Å². The van der Waals surface area contributed by atoms with E-state index in [1.165, 1.54) is 6.92 Å². The van der Waals surface area contributed by atoms with E-state index in [1.807, 2.05) is 0 Å². The first kappa shape index (κ1) is 18.2. The first-order valence-corrected chi connectivity index (χ1v) is 6.92. The molecule has 1 atom stereocenters. The number of hydrogen-bond acceptors (Lipinski definition) is 5. The second kappa shape index (κ2) is 7.14. The third kappa shape index (κ3) is 10.8. The number of phosphoric acid groups is 1. The highest BCUT2D eigenvalue weighted by atomic mass is 31.2. The molecule has 19 heavy (non-hydrogen) atoms. The summed E-state index contributed by atoms with van der Waals surface area (Å²) in [6, 6.07) is 0. The van der Waals surface area contributed by atoms with E-state index in [9.17, 15) is 9.36 Å². The third-order valence-corrected chi connectivity index (χ3v) is 2.25. The summed E-state index contributed by atoms with van der Waals surface area (Å²) in [7, 11) is 0.689. The van der Waals surface area contributed by atoms with Crippen LogP contribution >= 0.6 is 7.82 Å². The summed E-state index contributed by atoms with van der Waals surface area (Å²) < 4.78 is 25.3. The van der Waals surface area contributed by atoms with Gasteiger partial charge in [0.15, 0.2) is 6.79 Å². The minimum atomic E-state index is -4.68. The Kier molecular flexibility index (Phi) is 6.85. The molecule has 2 N–H and O–H groups in total. The van der Waals surface area contributed by atoms with Gasteiger partial charge < -0.3 is 23.7 Å². The highest BCUT2D eigenvalue weighted by Crippen LogP contribution is 2.38. The number of nitrogens with zero attached hydrogens (tertiary/aromatic N) is 1. The fraction of sp³-hybridized carbons (Fsp3) is 0.700. The molecule has 0 aliphatic rings. The summed E-state index contributed by atoms with van der Waals surface area (Å²) in [5.41, 5.74) is 0.197. The smallest absolute Gasteiger partial charge is 0.435 e. The van der Waals surface area contributed by atoms with Crippen LogP contribution in [-0.2, 0) is 23.4 Å². The minimum absolute atomic E-state index is 0.162. The van der Waals surface area contributed by atoms with Crippen LogP contribution in [0.4, 0.5) is 0 Å². The van der Waals surface area contributed by atoms with Gasteiger partial charge in [0.2, 0.25) is 6.29 Å². The summed E-state index contributed by atoms with van der Waals surface area (Å²) >= 11 is 0. The molecule has 0 rings (SSSR count). The molecule has 112 valence electrons. The van der Waals surface area contributed by atoms with Crippen molar-refractivity contribution in [2.45, 2.75) is 13.2 Å². The van der Waals surface area contributed by atoms with Gasteiger partial charge in [-0.3, -0.25) is 4.52 Å². The Morgan fingerprint density at radius 3 is 2.26 bits per heavy atom. The van der Waals surface area contributed by atoms with Crippen molar-refractivity contribution >= 4 is 13.8 Å². The molecule has 0 bridgehead atoms. The number of carbonyl (C=O) groups is 1. The van der Waals surface area contributed by atoms with Crippen LogP contribution in [0.1, 0.15) is 6.92 Å². The van der Waals surface area contributed by atoms with Gasteiger partial charge in [-0.15, -0.1) is 0 Å². The van der Waals surface area contributed by atoms with Crippen LogP contribution in [0, 0.1) is 0 Å². The fourth-order valence-corrected chi connectivity index (χ4v) is 1.44. The Balaban J connectivity index is 4.39. The van der Waals surface area contributed by atoms with E-state index in [0.29, 0.717) is 4.48 Å². The van der Waals surface area contributed by atoms with Gasteiger partial charge in [-0.1, -0.05) is 6.58 Å². The van der Waals surface area contributed by atoms with Gasteiger partial charge in [-0.2, -0.15) is 0 Å². The molecule has 0 saturated carbocycles. The Labute approximate surface area is 112 Å². The van der Waals surface area contributed by atoms with Crippen molar-refractivity contribution in [2.24, 2.45) is 0 Å². The van der Waals surface area contributed by atoms with Crippen LogP contribution in [0.2, 0.25) is 0 Å². The largest absolute Gasteiger partial charge is 0.472 e. The maximum atomic E-state index is 11.1.